The second-order valence-electron chi connectivity index (χ2n) is 7.26. The topological polar surface area (TPSA) is 80.5 Å². The molecule has 0 unspecified atom stereocenters. The molecule has 0 atom stereocenters. The summed E-state index contributed by atoms with van der Waals surface area (Å²) in [6.45, 7) is 6.76. The summed E-state index contributed by atoms with van der Waals surface area (Å²) in [5.41, 5.74) is 5.58. The minimum Gasteiger partial charge on any atom is -0.494 e. The van der Waals surface area contributed by atoms with Crippen molar-refractivity contribution in [3.05, 3.63) is 72.2 Å². The maximum Gasteiger partial charge on any atom is 0.221 e. The van der Waals surface area contributed by atoms with Crippen LogP contribution in [0.25, 0.3) is 16.9 Å². The molecule has 158 valence electrons. The maximum absolute atomic E-state index is 11.4. The molecule has 0 bridgehead atoms. The number of aryl methyl sites for hydroxylation is 1. The van der Waals surface area contributed by atoms with Crippen molar-refractivity contribution in [2.24, 2.45) is 0 Å². The molecule has 31 heavy (non-hydrogen) atoms. The lowest BCUT2D eigenvalue weighted by Crippen LogP contribution is -2.06. The Morgan fingerprint density at radius 1 is 1.16 bits per heavy atom. The molecule has 7 heteroatoms. The molecule has 0 aliphatic rings. The summed E-state index contributed by atoms with van der Waals surface area (Å²) in [7, 11) is 0. The van der Waals surface area contributed by atoms with E-state index in [1.807, 2.05) is 54.9 Å². The number of hydrogen-bond donors (Lipinski definition) is 2. The number of rotatable bonds is 7. The van der Waals surface area contributed by atoms with E-state index in [0.717, 1.165) is 39.5 Å². The second kappa shape index (κ2) is 8.87. The Bertz CT molecular complexity index is 1230. The van der Waals surface area contributed by atoms with E-state index >= 15 is 0 Å². The Hall–Kier alpha value is -3.87. The van der Waals surface area contributed by atoms with Crippen LogP contribution in [0.2, 0.25) is 0 Å². The van der Waals surface area contributed by atoms with Crippen LogP contribution in [0.5, 0.6) is 5.75 Å². The predicted molar refractivity (Wildman–Crippen MR) is 122 cm³/mol. The van der Waals surface area contributed by atoms with Crippen molar-refractivity contribution in [3.8, 4) is 17.0 Å². The van der Waals surface area contributed by atoms with Gasteiger partial charge in [0.2, 0.25) is 5.91 Å². The zero-order chi connectivity index (χ0) is 21.8. The summed E-state index contributed by atoms with van der Waals surface area (Å²) in [5, 5.41) is 6.21. The van der Waals surface area contributed by atoms with Gasteiger partial charge in [-0.15, -0.1) is 0 Å². The monoisotopic (exact) mass is 415 g/mol. The van der Waals surface area contributed by atoms with Crippen LogP contribution in [0.3, 0.4) is 0 Å². The largest absolute Gasteiger partial charge is 0.494 e. The molecule has 0 radical (unpaired) electrons. The van der Waals surface area contributed by atoms with E-state index in [4.69, 9.17) is 4.74 Å². The summed E-state index contributed by atoms with van der Waals surface area (Å²) < 4.78 is 7.69. The average molecular weight is 415 g/mol. The quantitative estimate of drug-likeness (QED) is 0.458. The second-order valence-corrected chi connectivity index (χ2v) is 7.26. The first-order chi connectivity index (χ1) is 15.0. The van der Waals surface area contributed by atoms with Gasteiger partial charge in [-0.25, -0.2) is 9.97 Å². The molecular formula is C24H25N5O2. The Morgan fingerprint density at radius 2 is 2.03 bits per heavy atom. The molecule has 2 aromatic heterocycles. The lowest BCUT2D eigenvalue weighted by molar-refractivity contribution is -0.114. The highest BCUT2D eigenvalue weighted by molar-refractivity contribution is 5.89. The highest BCUT2D eigenvalue weighted by Crippen LogP contribution is 2.26. The van der Waals surface area contributed by atoms with Crippen molar-refractivity contribution < 1.29 is 9.53 Å². The molecule has 2 N–H and O–H groups in total. The van der Waals surface area contributed by atoms with E-state index in [1.54, 1.807) is 6.20 Å². The summed E-state index contributed by atoms with van der Waals surface area (Å²) in [6.07, 6.45) is 5.44. The molecule has 0 saturated carbocycles. The van der Waals surface area contributed by atoms with Crippen LogP contribution in [-0.4, -0.2) is 26.9 Å². The van der Waals surface area contributed by atoms with Crippen LogP contribution in [0.4, 0.5) is 11.5 Å². The van der Waals surface area contributed by atoms with Crippen molar-refractivity contribution in [3.63, 3.8) is 0 Å². The number of carbonyl (C=O) groups excluding carboxylic acids is 1. The molecular weight excluding hydrogens is 390 g/mol. The third-order valence-electron chi connectivity index (χ3n) is 4.92. The fourth-order valence-electron chi connectivity index (χ4n) is 3.47. The summed E-state index contributed by atoms with van der Waals surface area (Å²) in [6, 6.07) is 13.9. The standard InChI is InChI=1S/C24H25N5O2/c1-4-31-22-12-18(9-8-16(22)2)14-26-23-24-27-15-21(29(24)11-10-25-23)19-6-5-7-20(13-19)28-17(3)30/h5-13,15H,4,14H2,1-3H3,(H,25,26)(H,28,30). The lowest BCUT2D eigenvalue weighted by Gasteiger charge is -2.11. The van der Waals surface area contributed by atoms with E-state index < -0.39 is 0 Å². The van der Waals surface area contributed by atoms with Crippen LogP contribution < -0.4 is 15.4 Å². The normalized spacial score (nSPS) is 10.8. The van der Waals surface area contributed by atoms with Gasteiger partial charge in [-0.2, -0.15) is 0 Å². The highest BCUT2D eigenvalue weighted by Gasteiger charge is 2.11. The first-order valence-electron chi connectivity index (χ1n) is 10.2. The number of imidazole rings is 1. The van der Waals surface area contributed by atoms with E-state index in [2.05, 4.69) is 38.8 Å². The number of fused-ring (bicyclic) bond motifs is 1. The Balaban J connectivity index is 1.60. The molecule has 2 aromatic carbocycles. The third kappa shape index (κ3) is 4.50. The lowest BCUT2D eigenvalue weighted by atomic mass is 10.1. The number of benzene rings is 2. The van der Waals surface area contributed by atoms with Crippen molar-refractivity contribution in [2.45, 2.75) is 27.3 Å². The molecule has 0 fully saturated rings. The molecule has 0 saturated heterocycles. The minimum atomic E-state index is -0.102. The van der Waals surface area contributed by atoms with Crippen LogP contribution in [-0.2, 0) is 11.3 Å². The molecule has 4 rings (SSSR count). The summed E-state index contributed by atoms with van der Waals surface area (Å²) in [5.74, 6) is 1.50. The summed E-state index contributed by atoms with van der Waals surface area (Å²) in [4.78, 5) is 20.4. The Kier molecular flexibility index (Phi) is 5.84. The van der Waals surface area contributed by atoms with Gasteiger partial charge in [0.1, 0.15) is 5.75 Å². The average Bonchev–Trinajstić information content (AvgIpc) is 3.19. The van der Waals surface area contributed by atoms with Crippen molar-refractivity contribution in [2.75, 3.05) is 17.2 Å². The SMILES string of the molecule is CCOc1cc(CNc2nccn3c(-c4cccc(NC(C)=O)c4)cnc23)ccc1C. The van der Waals surface area contributed by atoms with E-state index in [-0.39, 0.29) is 5.91 Å². The number of ether oxygens (including phenoxy) is 1. The number of anilines is 2. The van der Waals surface area contributed by atoms with E-state index in [1.165, 1.54) is 6.92 Å². The number of aromatic nitrogens is 3. The maximum atomic E-state index is 11.4. The first kappa shape index (κ1) is 20.4. The number of nitrogens with zero attached hydrogens (tertiary/aromatic N) is 3. The Labute approximate surface area is 181 Å². The minimum absolute atomic E-state index is 0.102. The van der Waals surface area contributed by atoms with Gasteiger partial charge in [-0.3, -0.25) is 9.20 Å². The number of nitrogens with one attached hydrogen (secondary N) is 2. The molecule has 0 spiro atoms. The summed E-state index contributed by atoms with van der Waals surface area (Å²) >= 11 is 0. The molecule has 1 amide bonds. The fraction of sp³-hybridized carbons (Fsp3) is 0.208. The zero-order valence-corrected chi connectivity index (χ0v) is 17.8. The van der Waals surface area contributed by atoms with Gasteiger partial charge in [-0.1, -0.05) is 24.3 Å². The smallest absolute Gasteiger partial charge is 0.221 e. The number of carbonyl (C=O) groups is 1. The van der Waals surface area contributed by atoms with Crippen molar-refractivity contribution >= 4 is 23.1 Å². The molecule has 2 heterocycles. The van der Waals surface area contributed by atoms with Gasteiger partial charge in [0.05, 0.1) is 18.5 Å². The number of hydrogen-bond acceptors (Lipinski definition) is 5. The molecule has 7 nitrogen and oxygen atoms in total. The van der Waals surface area contributed by atoms with Crippen LogP contribution in [0.15, 0.2) is 61.1 Å². The zero-order valence-electron chi connectivity index (χ0n) is 17.8. The van der Waals surface area contributed by atoms with Crippen LogP contribution in [0.1, 0.15) is 25.0 Å². The van der Waals surface area contributed by atoms with Gasteiger partial charge < -0.3 is 15.4 Å². The third-order valence-corrected chi connectivity index (χ3v) is 4.92. The molecule has 0 aliphatic heterocycles. The highest BCUT2D eigenvalue weighted by atomic mass is 16.5. The number of amides is 1. The van der Waals surface area contributed by atoms with Crippen LogP contribution >= 0.6 is 0 Å². The van der Waals surface area contributed by atoms with Gasteiger partial charge in [0, 0.05) is 37.1 Å². The van der Waals surface area contributed by atoms with Gasteiger partial charge >= 0.3 is 0 Å². The molecule has 4 aromatic rings. The van der Waals surface area contributed by atoms with Crippen molar-refractivity contribution in [1.29, 1.82) is 0 Å². The van der Waals surface area contributed by atoms with Gasteiger partial charge in [-0.05, 0) is 43.2 Å². The van der Waals surface area contributed by atoms with Gasteiger partial charge in [0.25, 0.3) is 0 Å². The van der Waals surface area contributed by atoms with Crippen LogP contribution in [0, 0.1) is 6.92 Å². The fourth-order valence-corrected chi connectivity index (χ4v) is 3.47. The molecule has 0 aliphatic carbocycles. The predicted octanol–water partition coefficient (Wildman–Crippen LogP) is 4.67. The Morgan fingerprint density at radius 3 is 2.84 bits per heavy atom. The van der Waals surface area contributed by atoms with E-state index in [9.17, 15) is 4.79 Å². The van der Waals surface area contributed by atoms with Crippen molar-refractivity contribution in [1.82, 2.24) is 14.4 Å². The van der Waals surface area contributed by atoms with Gasteiger partial charge in [0.15, 0.2) is 11.5 Å². The first-order valence-corrected chi connectivity index (χ1v) is 10.2. The van der Waals surface area contributed by atoms with E-state index in [0.29, 0.717) is 19.0 Å².